The number of carbonyl (C=O) groups is 2. The zero-order valence-corrected chi connectivity index (χ0v) is 15.5. The summed E-state index contributed by atoms with van der Waals surface area (Å²) in [4.78, 5) is 26.8. The van der Waals surface area contributed by atoms with Gasteiger partial charge >= 0.3 is 0 Å². The van der Waals surface area contributed by atoms with Crippen LogP contribution in [-0.2, 0) is 4.79 Å². The van der Waals surface area contributed by atoms with Crippen LogP contribution >= 0.6 is 11.3 Å². The normalized spacial score (nSPS) is 16.5. The van der Waals surface area contributed by atoms with Crippen LogP contribution in [0.25, 0.3) is 10.6 Å². The summed E-state index contributed by atoms with van der Waals surface area (Å²) >= 11 is 1.31. The van der Waals surface area contributed by atoms with E-state index in [0.29, 0.717) is 18.1 Å². The highest BCUT2D eigenvalue weighted by molar-refractivity contribution is 7.18. The Bertz CT molecular complexity index is 950. The fourth-order valence-electron chi connectivity index (χ4n) is 3.10. The van der Waals surface area contributed by atoms with Gasteiger partial charge in [0.15, 0.2) is 5.76 Å². The number of hydrogen-bond acceptors (Lipinski definition) is 6. The fraction of sp³-hybridized carbons (Fsp3) is 0.263. The van der Waals surface area contributed by atoms with Crippen molar-refractivity contribution in [1.29, 1.82) is 0 Å². The predicted octanol–water partition coefficient (Wildman–Crippen LogP) is 3.35. The molecule has 138 valence electrons. The number of nitrogens with zero attached hydrogens (tertiary/aromatic N) is 3. The van der Waals surface area contributed by atoms with Gasteiger partial charge in [0.2, 0.25) is 11.0 Å². The van der Waals surface area contributed by atoms with E-state index >= 15 is 0 Å². The molecule has 0 spiro atoms. The molecule has 3 aromatic rings. The lowest BCUT2D eigenvalue weighted by atomic mass is 10.2. The molecule has 3 heterocycles. The number of aryl methyl sites for hydroxylation is 1. The Labute approximate surface area is 160 Å². The van der Waals surface area contributed by atoms with Crippen LogP contribution in [0.4, 0.5) is 5.13 Å². The van der Waals surface area contributed by atoms with Crippen LogP contribution in [0, 0.1) is 6.92 Å². The van der Waals surface area contributed by atoms with Crippen molar-refractivity contribution in [3.8, 4) is 10.6 Å². The van der Waals surface area contributed by atoms with Crippen molar-refractivity contribution in [2.45, 2.75) is 25.8 Å². The molecule has 1 aromatic carbocycles. The van der Waals surface area contributed by atoms with Crippen molar-refractivity contribution < 1.29 is 14.0 Å². The molecular formula is C19H18N4O3S. The van der Waals surface area contributed by atoms with Crippen molar-refractivity contribution in [1.82, 2.24) is 15.1 Å². The monoisotopic (exact) mass is 382 g/mol. The van der Waals surface area contributed by atoms with Gasteiger partial charge in [-0.1, -0.05) is 41.2 Å². The SMILES string of the molecule is Cc1ccc(-c2nnc(NC(=O)[C@H]3CCCN3C(=O)c3ccco3)s2)cc1. The van der Waals surface area contributed by atoms with Crippen LogP contribution in [0.5, 0.6) is 0 Å². The van der Waals surface area contributed by atoms with Crippen molar-refractivity contribution in [3.05, 3.63) is 54.0 Å². The smallest absolute Gasteiger partial charge is 0.290 e. The number of hydrogen-bond donors (Lipinski definition) is 1. The van der Waals surface area contributed by atoms with Crippen molar-refractivity contribution in [3.63, 3.8) is 0 Å². The van der Waals surface area contributed by atoms with E-state index in [4.69, 9.17) is 4.42 Å². The standard InChI is InChI=1S/C19H18N4O3S/c1-12-6-8-13(9-7-12)17-21-22-19(27-17)20-16(24)14-4-2-10-23(14)18(25)15-5-3-11-26-15/h3,5-9,11,14H,2,4,10H2,1H3,(H,20,22,24)/t14-/m1/s1. The highest BCUT2D eigenvalue weighted by Gasteiger charge is 2.35. The van der Waals surface area contributed by atoms with Crippen LogP contribution in [0.15, 0.2) is 47.1 Å². The molecule has 0 bridgehead atoms. The zero-order chi connectivity index (χ0) is 18.8. The van der Waals surface area contributed by atoms with Crippen molar-refractivity contribution >= 4 is 28.3 Å². The lowest BCUT2D eigenvalue weighted by Gasteiger charge is -2.22. The second kappa shape index (κ2) is 7.32. The zero-order valence-electron chi connectivity index (χ0n) is 14.7. The van der Waals surface area contributed by atoms with Crippen molar-refractivity contribution in [2.24, 2.45) is 0 Å². The molecule has 1 fully saturated rings. The Hall–Kier alpha value is -3.00. The van der Waals surface area contributed by atoms with Gasteiger partial charge in [-0.3, -0.25) is 14.9 Å². The second-order valence-corrected chi connectivity index (χ2v) is 7.38. The molecule has 2 aromatic heterocycles. The largest absolute Gasteiger partial charge is 0.459 e. The number of rotatable bonds is 4. The highest BCUT2D eigenvalue weighted by atomic mass is 32.1. The van der Waals surface area contributed by atoms with E-state index in [1.165, 1.54) is 23.2 Å². The number of amides is 2. The number of furan rings is 1. The summed E-state index contributed by atoms with van der Waals surface area (Å²) in [5.41, 5.74) is 2.12. The number of likely N-dealkylation sites (tertiary alicyclic amines) is 1. The molecule has 27 heavy (non-hydrogen) atoms. The molecule has 1 aliphatic heterocycles. The Morgan fingerprint density at radius 3 is 2.78 bits per heavy atom. The lowest BCUT2D eigenvalue weighted by molar-refractivity contribution is -0.119. The average molecular weight is 382 g/mol. The van der Waals surface area contributed by atoms with E-state index in [1.54, 1.807) is 17.0 Å². The molecule has 1 N–H and O–H groups in total. The first-order valence-corrected chi connectivity index (χ1v) is 9.49. The second-order valence-electron chi connectivity index (χ2n) is 6.40. The molecule has 7 nitrogen and oxygen atoms in total. The highest BCUT2D eigenvalue weighted by Crippen LogP contribution is 2.28. The minimum absolute atomic E-state index is 0.243. The molecule has 1 atom stereocenters. The first-order chi connectivity index (χ1) is 13.1. The Kier molecular flexibility index (Phi) is 4.72. The Morgan fingerprint density at radius 1 is 1.22 bits per heavy atom. The number of aromatic nitrogens is 2. The van der Waals surface area contributed by atoms with E-state index in [9.17, 15) is 9.59 Å². The number of anilines is 1. The summed E-state index contributed by atoms with van der Waals surface area (Å²) in [7, 11) is 0. The molecular weight excluding hydrogens is 364 g/mol. The van der Waals surface area contributed by atoms with Gasteiger partial charge in [0, 0.05) is 12.1 Å². The number of nitrogens with one attached hydrogen (secondary N) is 1. The van der Waals surface area contributed by atoms with Crippen LogP contribution in [0.1, 0.15) is 29.0 Å². The number of carbonyl (C=O) groups excluding carboxylic acids is 2. The third kappa shape index (κ3) is 3.61. The molecule has 0 radical (unpaired) electrons. The molecule has 0 unspecified atom stereocenters. The summed E-state index contributed by atoms with van der Waals surface area (Å²) in [6.45, 7) is 2.55. The van der Waals surface area contributed by atoms with Crippen molar-refractivity contribution in [2.75, 3.05) is 11.9 Å². The maximum Gasteiger partial charge on any atom is 0.290 e. The fourth-order valence-corrected chi connectivity index (χ4v) is 3.85. The molecule has 1 saturated heterocycles. The molecule has 2 amide bonds. The lowest BCUT2D eigenvalue weighted by Crippen LogP contribution is -2.43. The van der Waals surface area contributed by atoms with E-state index in [0.717, 1.165) is 17.0 Å². The molecule has 0 saturated carbocycles. The van der Waals surface area contributed by atoms with E-state index in [1.807, 2.05) is 31.2 Å². The van der Waals surface area contributed by atoms with E-state index < -0.39 is 6.04 Å². The van der Waals surface area contributed by atoms with Gasteiger partial charge < -0.3 is 9.32 Å². The van der Waals surface area contributed by atoms with Gasteiger partial charge in [-0.25, -0.2) is 0 Å². The summed E-state index contributed by atoms with van der Waals surface area (Å²) in [5, 5.41) is 12.2. The first-order valence-electron chi connectivity index (χ1n) is 8.68. The predicted molar refractivity (Wildman–Crippen MR) is 101 cm³/mol. The topological polar surface area (TPSA) is 88.3 Å². The molecule has 8 heteroatoms. The van der Waals surface area contributed by atoms with Gasteiger partial charge in [0.25, 0.3) is 5.91 Å². The average Bonchev–Trinajstić information content (AvgIpc) is 3.42. The molecule has 1 aliphatic rings. The van der Waals surface area contributed by atoms with Gasteiger partial charge in [-0.05, 0) is 31.9 Å². The molecule has 4 rings (SSSR count). The first kappa shape index (κ1) is 17.4. The maximum absolute atomic E-state index is 12.7. The van der Waals surface area contributed by atoms with Crippen LogP contribution in [0.2, 0.25) is 0 Å². The summed E-state index contributed by atoms with van der Waals surface area (Å²) < 4.78 is 5.17. The van der Waals surface area contributed by atoms with Gasteiger partial charge in [0.05, 0.1) is 6.26 Å². The summed E-state index contributed by atoms with van der Waals surface area (Å²) in [6.07, 6.45) is 2.84. The minimum atomic E-state index is -0.533. The molecule has 0 aliphatic carbocycles. The van der Waals surface area contributed by atoms with Gasteiger partial charge in [-0.2, -0.15) is 0 Å². The summed E-state index contributed by atoms with van der Waals surface area (Å²) in [6, 6.07) is 10.7. The van der Waals surface area contributed by atoms with Gasteiger partial charge in [0.1, 0.15) is 11.0 Å². The van der Waals surface area contributed by atoms with E-state index in [-0.39, 0.29) is 17.6 Å². The van der Waals surface area contributed by atoms with Crippen LogP contribution in [0.3, 0.4) is 0 Å². The third-order valence-electron chi connectivity index (χ3n) is 4.50. The third-order valence-corrected chi connectivity index (χ3v) is 5.39. The van der Waals surface area contributed by atoms with Crippen LogP contribution in [-0.4, -0.2) is 39.5 Å². The Balaban J connectivity index is 1.46. The number of benzene rings is 1. The maximum atomic E-state index is 12.7. The quantitative estimate of drug-likeness (QED) is 0.748. The Morgan fingerprint density at radius 2 is 2.04 bits per heavy atom. The summed E-state index contributed by atoms with van der Waals surface area (Å²) in [5.74, 6) is -0.276. The van der Waals surface area contributed by atoms with E-state index in [2.05, 4.69) is 15.5 Å². The van der Waals surface area contributed by atoms with Crippen LogP contribution < -0.4 is 5.32 Å². The van der Waals surface area contributed by atoms with Gasteiger partial charge in [-0.15, -0.1) is 10.2 Å². The minimum Gasteiger partial charge on any atom is -0.459 e.